The number of H-pyrrole nitrogens is 1. The Bertz CT molecular complexity index is 576. The smallest absolute Gasteiger partial charge is 0.291 e. The normalized spacial score (nSPS) is 10.4. The molecule has 0 bridgehead atoms. The number of nitrogens with two attached hydrogens (primary N) is 1. The molecule has 2 rings (SSSR count). The predicted molar refractivity (Wildman–Crippen MR) is 76.7 cm³/mol. The van der Waals surface area contributed by atoms with Crippen LogP contribution in [0.1, 0.15) is 12.0 Å². The molecule has 0 aliphatic rings. The van der Waals surface area contributed by atoms with Gasteiger partial charge in [-0.05, 0) is 32.0 Å². The number of aryl methyl sites for hydroxylation is 1. The Hall–Kier alpha value is -2.14. The van der Waals surface area contributed by atoms with Gasteiger partial charge in [0.25, 0.3) is 5.56 Å². The summed E-state index contributed by atoms with van der Waals surface area (Å²) < 4.78 is 0. The number of nitrogens with zero attached hydrogens (tertiary/aromatic N) is 2. The average Bonchev–Trinajstić information content (AvgIpc) is 2.43. The fourth-order valence-corrected chi connectivity index (χ4v) is 1.87. The topological polar surface area (TPSA) is 75.0 Å². The van der Waals surface area contributed by atoms with E-state index in [-0.39, 0.29) is 5.56 Å². The van der Waals surface area contributed by atoms with Crippen molar-refractivity contribution in [2.24, 2.45) is 5.73 Å². The van der Waals surface area contributed by atoms with E-state index in [1.54, 1.807) is 6.20 Å². The SMILES string of the molecule is Cc1ccc(N(CCCN)c2ncc[nH]c2=O)cc1. The number of rotatable bonds is 5. The second-order valence-electron chi connectivity index (χ2n) is 4.37. The summed E-state index contributed by atoms with van der Waals surface area (Å²) >= 11 is 0. The number of nitrogens with one attached hydrogen (secondary N) is 1. The van der Waals surface area contributed by atoms with Crippen LogP contribution in [0, 0.1) is 6.92 Å². The number of hydrogen-bond donors (Lipinski definition) is 2. The summed E-state index contributed by atoms with van der Waals surface area (Å²) in [6.07, 6.45) is 3.91. The van der Waals surface area contributed by atoms with Crippen molar-refractivity contribution in [1.29, 1.82) is 0 Å². The van der Waals surface area contributed by atoms with Crippen LogP contribution in [0.15, 0.2) is 41.5 Å². The standard InChI is InChI=1S/C14H18N4O/c1-11-3-5-12(6-4-11)18(10-2-7-15)13-14(19)17-9-8-16-13/h3-6,8-9H,2,7,10,15H2,1H3,(H,17,19). The Kier molecular flexibility index (Phi) is 4.30. The number of aromatic nitrogens is 2. The van der Waals surface area contributed by atoms with E-state index in [1.807, 2.05) is 36.1 Å². The molecule has 0 aliphatic heterocycles. The van der Waals surface area contributed by atoms with E-state index in [9.17, 15) is 4.79 Å². The van der Waals surface area contributed by atoms with Crippen molar-refractivity contribution < 1.29 is 0 Å². The molecule has 0 atom stereocenters. The predicted octanol–water partition coefficient (Wildman–Crippen LogP) is 1.57. The largest absolute Gasteiger partial charge is 0.330 e. The fourth-order valence-electron chi connectivity index (χ4n) is 1.87. The van der Waals surface area contributed by atoms with Crippen molar-refractivity contribution in [3.63, 3.8) is 0 Å². The first-order chi connectivity index (χ1) is 9.22. The van der Waals surface area contributed by atoms with Crippen molar-refractivity contribution in [3.8, 4) is 0 Å². The van der Waals surface area contributed by atoms with Gasteiger partial charge in [-0.1, -0.05) is 17.7 Å². The van der Waals surface area contributed by atoms with Gasteiger partial charge < -0.3 is 15.6 Å². The van der Waals surface area contributed by atoms with E-state index in [2.05, 4.69) is 9.97 Å². The third-order valence-corrected chi connectivity index (χ3v) is 2.88. The molecular weight excluding hydrogens is 240 g/mol. The summed E-state index contributed by atoms with van der Waals surface area (Å²) in [7, 11) is 0. The van der Waals surface area contributed by atoms with Crippen LogP contribution in [-0.2, 0) is 0 Å². The summed E-state index contributed by atoms with van der Waals surface area (Å²) in [5.41, 5.74) is 7.49. The monoisotopic (exact) mass is 258 g/mol. The maximum atomic E-state index is 11.9. The summed E-state index contributed by atoms with van der Waals surface area (Å²) in [4.78, 5) is 20.6. The van der Waals surface area contributed by atoms with E-state index >= 15 is 0 Å². The number of hydrogen-bond acceptors (Lipinski definition) is 4. The quantitative estimate of drug-likeness (QED) is 0.853. The second-order valence-corrected chi connectivity index (χ2v) is 4.37. The van der Waals surface area contributed by atoms with Gasteiger partial charge in [0.05, 0.1) is 0 Å². The molecular formula is C14H18N4O. The minimum atomic E-state index is -0.194. The maximum absolute atomic E-state index is 11.9. The van der Waals surface area contributed by atoms with E-state index in [0.717, 1.165) is 12.1 Å². The van der Waals surface area contributed by atoms with Gasteiger partial charge in [0.15, 0.2) is 5.82 Å². The van der Waals surface area contributed by atoms with E-state index < -0.39 is 0 Å². The third kappa shape index (κ3) is 3.20. The Morgan fingerprint density at radius 3 is 2.68 bits per heavy atom. The Morgan fingerprint density at radius 2 is 2.05 bits per heavy atom. The zero-order valence-electron chi connectivity index (χ0n) is 11.0. The summed E-state index contributed by atoms with van der Waals surface area (Å²) in [6, 6.07) is 8.00. The highest BCUT2D eigenvalue weighted by Gasteiger charge is 2.13. The lowest BCUT2D eigenvalue weighted by Gasteiger charge is -2.22. The van der Waals surface area contributed by atoms with Gasteiger partial charge in [0, 0.05) is 24.6 Å². The lowest BCUT2D eigenvalue weighted by atomic mass is 10.2. The first-order valence-electron chi connectivity index (χ1n) is 6.30. The van der Waals surface area contributed by atoms with Crippen LogP contribution >= 0.6 is 0 Å². The van der Waals surface area contributed by atoms with Crippen molar-refractivity contribution in [3.05, 3.63) is 52.6 Å². The first-order valence-corrected chi connectivity index (χ1v) is 6.30. The molecule has 2 aromatic rings. The molecule has 0 amide bonds. The molecule has 0 saturated heterocycles. The summed E-state index contributed by atoms with van der Waals surface area (Å²) in [6.45, 7) is 3.27. The van der Waals surface area contributed by atoms with E-state index in [0.29, 0.717) is 18.9 Å². The van der Waals surface area contributed by atoms with Gasteiger partial charge in [-0.2, -0.15) is 0 Å². The van der Waals surface area contributed by atoms with Gasteiger partial charge in [0.2, 0.25) is 0 Å². The van der Waals surface area contributed by atoms with Gasteiger partial charge >= 0.3 is 0 Å². The highest BCUT2D eigenvalue weighted by molar-refractivity contribution is 5.59. The molecule has 0 radical (unpaired) electrons. The molecule has 0 spiro atoms. The average molecular weight is 258 g/mol. The van der Waals surface area contributed by atoms with E-state index in [4.69, 9.17) is 5.73 Å². The molecule has 1 heterocycles. The van der Waals surface area contributed by atoms with E-state index in [1.165, 1.54) is 11.8 Å². The third-order valence-electron chi connectivity index (χ3n) is 2.88. The minimum absolute atomic E-state index is 0.194. The Balaban J connectivity index is 2.38. The number of benzene rings is 1. The van der Waals surface area contributed by atoms with Crippen molar-refractivity contribution >= 4 is 11.5 Å². The van der Waals surface area contributed by atoms with Crippen molar-refractivity contribution in [2.75, 3.05) is 18.0 Å². The number of aromatic amines is 1. The van der Waals surface area contributed by atoms with Crippen LogP contribution < -0.4 is 16.2 Å². The molecule has 0 saturated carbocycles. The van der Waals surface area contributed by atoms with Crippen LogP contribution in [0.5, 0.6) is 0 Å². The van der Waals surface area contributed by atoms with Gasteiger partial charge in [0.1, 0.15) is 0 Å². The van der Waals surface area contributed by atoms with Gasteiger partial charge in [-0.15, -0.1) is 0 Å². The van der Waals surface area contributed by atoms with Crippen LogP contribution in [0.3, 0.4) is 0 Å². The maximum Gasteiger partial charge on any atom is 0.291 e. The molecule has 100 valence electrons. The Labute approximate surface area is 112 Å². The summed E-state index contributed by atoms with van der Waals surface area (Å²) in [5, 5.41) is 0. The van der Waals surface area contributed by atoms with Crippen LogP contribution in [0.2, 0.25) is 0 Å². The molecule has 0 fully saturated rings. The molecule has 0 aliphatic carbocycles. The van der Waals surface area contributed by atoms with Crippen LogP contribution in [-0.4, -0.2) is 23.1 Å². The van der Waals surface area contributed by atoms with Crippen LogP contribution in [0.25, 0.3) is 0 Å². The molecule has 5 nitrogen and oxygen atoms in total. The molecule has 19 heavy (non-hydrogen) atoms. The highest BCUT2D eigenvalue weighted by Crippen LogP contribution is 2.21. The summed E-state index contributed by atoms with van der Waals surface area (Å²) in [5.74, 6) is 0.403. The molecule has 5 heteroatoms. The Morgan fingerprint density at radius 1 is 1.32 bits per heavy atom. The lowest BCUT2D eigenvalue weighted by Crippen LogP contribution is -2.28. The lowest BCUT2D eigenvalue weighted by molar-refractivity contribution is 0.804. The van der Waals surface area contributed by atoms with Crippen LogP contribution in [0.4, 0.5) is 11.5 Å². The molecule has 1 aromatic heterocycles. The van der Waals surface area contributed by atoms with Gasteiger partial charge in [-0.3, -0.25) is 4.79 Å². The molecule has 3 N–H and O–H groups in total. The molecule has 0 unspecified atom stereocenters. The van der Waals surface area contributed by atoms with Crippen molar-refractivity contribution in [1.82, 2.24) is 9.97 Å². The molecule has 1 aromatic carbocycles. The minimum Gasteiger partial charge on any atom is -0.330 e. The van der Waals surface area contributed by atoms with Crippen molar-refractivity contribution in [2.45, 2.75) is 13.3 Å². The second kappa shape index (κ2) is 6.15. The zero-order valence-corrected chi connectivity index (χ0v) is 11.0. The zero-order chi connectivity index (χ0) is 13.7. The number of anilines is 2. The van der Waals surface area contributed by atoms with Gasteiger partial charge in [-0.25, -0.2) is 4.98 Å². The first kappa shape index (κ1) is 13.3. The highest BCUT2D eigenvalue weighted by atomic mass is 16.1. The fraction of sp³-hybridized carbons (Fsp3) is 0.286.